The summed E-state index contributed by atoms with van der Waals surface area (Å²) in [6.07, 6.45) is 7.66. The monoisotopic (exact) mass is 741 g/mol. The minimum atomic E-state index is -0.704. The van der Waals surface area contributed by atoms with Crippen molar-refractivity contribution in [3.63, 3.8) is 0 Å². The lowest BCUT2D eigenvalue weighted by Crippen LogP contribution is -2.39. The average molecular weight is 743 g/mol. The van der Waals surface area contributed by atoms with Gasteiger partial charge in [-0.25, -0.2) is 0 Å². The Labute approximate surface area is 302 Å². The molecule has 3 aliphatic carbocycles. The number of nitrogens with zero attached hydrogens (tertiary/aromatic N) is 1. The number of ketones is 2. The molecule has 1 saturated heterocycles. The van der Waals surface area contributed by atoms with E-state index in [1.54, 1.807) is 38.5 Å². The van der Waals surface area contributed by atoms with Crippen molar-refractivity contribution in [1.29, 1.82) is 0 Å². The van der Waals surface area contributed by atoms with Crippen LogP contribution in [0.25, 0.3) is 22.9 Å². The van der Waals surface area contributed by atoms with Crippen molar-refractivity contribution in [1.82, 2.24) is 0 Å². The van der Waals surface area contributed by atoms with Crippen molar-refractivity contribution < 1.29 is 33.8 Å². The van der Waals surface area contributed by atoms with Gasteiger partial charge in [-0.3, -0.25) is 24.1 Å². The highest BCUT2D eigenvalue weighted by Gasteiger charge is 2.56. The van der Waals surface area contributed by atoms with Gasteiger partial charge in [0.15, 0.2) is 11.6 Å². The van der Waals surface area contributed by atoms with Crippen LogP contribution in [0.4, 0.5) is 5.69 Å². The predicted octanol–water partition coefficient (Wildman–Crippen LogP) is 7.70. The highest BCUT2D eigenvalue weighted by molar-refractivity contribution is 9.12. The molecule has 4 aliphatic rings. The summed E-state index contributed by atoms with van der Waals surface area (Å²) in [5.74, 6) is -2.04. The van der Waals surface area contributed by atoms with Gasteiger partial charge in [0.2, 0.25) is 11.8 Å². The lowest BCUT2D eigenvalue weighted by atomic mass is 9.59. The molecule has 4 atom stereocenters. The zero-order valence-corrected chi connectivity index (χ0v) is 29.3. The number of benzene rings is 4. The number of aromatic hydroxyl groups is 1. The predicted molar refractivity (Wildman–Crippen MR) is 198 cm³/mol. The second-order valence-electron chi connectivity index (χ2n) is 13.2. The number of phenolic OH excluding ortho intramolecular Hbond substituents is 1. The lowest BCUT2D eigenvalue weighted by molar-refractivity contribution is -0.123. The summed E-state index contributed by atoms with van der Waals surface area (Å²) in [5, 5.41) is 12.1. The maximum atomic E-state index is 14.4. The van der Waals surface area contributed by atoms with Gasteiger partial charge in [-0.1, -0.05) is 66.3 Å². The van der Waals surface area contributed by atoms with Crippen LogP contribution < -0.4 is 14.4 Å². The van der Waals surface area contributed by atoms with E-state index in [1.807, 2.05) is 72.8 Å². The van der Waals surface area contributed by atoms with Crippen LogP contribution in [0.2, 0.25) is 0 Å². The van der Waals surface area contributed by atoms with Gasteiger partial charge in [0.1, 0.15) is 17.2 Å². The molecule has 0 aromatic heterocycles. The van der Waals surface area contributed by atoms with Crippen molar-refractivity contribution in [3.05, 3.63) is 129 Å². The number of Topliss-reactive ketones (excluding diaryl/α,β-unsaturated/α-hetero) is 1. The third-order valence-corrected chi connectivity index (χ3v) is 11.2. The highest BCUT2D eigenvalue weighted by Crippen LogP contribution is 2.56. The summed E-state index contributed by atoms with van der Waals surface area (Å²) in [6.45, 7) is 0. The van der Waals surface area contributed by atoms with Gasteiger partial charge in [-0.15, -0.1) is 0 Å². The van der Waals surface area contributed by atoms with Crippen LogP contribution in [-0.4, -0.2) is 42.7 Å². The Morgan fingerprint density at radius 2 is 1.61 bits per heavy atom. The molecule has 1 fully saturated rings. The number of rotatable bonds is 6. The molecule has 4 aromatic carbocycles. The van der Waals surface area contributed by atoms with Crippen molar-refractivity contribution in [2.75, 3.05) is 19.1 Å². The van der Waals surface area contributed by atoms with Crippen LogP contribution in [0.1, 0.15) is 35.4 Å². The summed E-state index contributed by atoms with van der Waals surface area (Å²) in [6, 6.07) is 23.6. The van der Waals surface area contributed by atoms with Crippen LogP contribution in [0.15, 0.2) is 112 Å². The molecule has 8 nitrogen and oxygen atoms in total. The number of hydrogen-bond acceptors (Lipinski definition) is 7. The maximum absolute atomic E-state index is 14.4. The first kappa shape index (κ1) is 32.7. The fourth-order valence-electron chi connectivity index (χ4n) is 8.26. The summed E-state index contributed by atoms with van der Waals surface area (Å²) in [4.78, 5) is 57.1. The number of phenols is 1. The number of halogens is 1. The Morgan fingerprint density at radius 3 is 2.35 bits per heavy atom. The van der Waals surface area contributed by atoms with Gasteiger partial charge in [0.25, 0.3) is 0 Å². The number of imide groups is 1. The number of methoxy groups -OCH3 is 2. The Bertz CT molecular complexity index is 2320. The lowest BCUT2D eigenvalue weighted by Gasteiger charge is -2.42. The molecule has 0 saturated carbocycles. The molecule has 2 amide bonds. The van der Waals surface area contributed by atoms with E-state index >= 15 is 0 Å². The SMILES string of the molecule is COc1ccc(OC)c(C=Cc2ccc(N3C(=O)C4CC=C5C(c6ccc(O)c7ccccc67)C6=C(CC5C4C3=O)C(=O)C(Br)=CC6=O)cc2)c1. The number of amides is 2. The van der Waals surface area contributed by atoms with Gasteiger partial charge in [0.05, 0.1) is 36.2 Å². The molecule has 1 N–H and O–H groups in total. The number of allylic oxidation sites excluding steroid dienone is 6. The second-order valence-corrected chi connectivity index (χ2v) is 14.0. The first-order valence-electron chi connectivity index (χ1n) is 16.7. The second kappa shape index (κ2) is 12.7. The van der Waals surface area contributed by atoms with Crippen molar-refractivity contribution >= 4 is 67.9 Å². The third kappa shape index (κ3) is 5.26. The van der Waals surface area contributed by atoms with Crippen LogP contribution >= 0.6 is 15.9 Å². The van der Waals surface area contributed by atoms with E-state index in [9.17, 15) is 24.3 Å². The number of ether oxygens (including phenoxy) is 2. The Balaban J connectivity index is 1.15. The van der Waals surface area contributed by atoms with Crippen LogP contribution in [-0.2, 0) is 19.2 Å². The smallest absolute Gasteiger partial charge is 0.238 e. The Morgan fingerprint density at radius 1 is 0.843 bits per heavy atom. The largest absolute Gasteiger partial charge is 0.507 e. The molecule has 0 radical (unpaired) electrons. The number of anilines is 1. The molecule has 4 unspecified atom stereocenters. The minimum absolute atomic E-state index is 0.107. The van der Waals surface area contributed by atoms with Gasteiger partial charge in [0, 0.05) is 34.1 Å². The molecular weight excluding hydrogens is 710 g/mol. The molecule has 9 heteroatoms. The molecule has 51 heavy (non-hydrogen) atoms. The third-order valence-electron chi connectivity index (χ3n) is 10.6. The molecular formula is C42H32BrNO7. The topological polar surface area (TPSA) is 110 Å². The van der Waals surface area contributed by atoms with Gasteiger partial charge in [-0.05, 0) is 87.6 Å². The summed E-state index contributed by atoms with van der Waals surface area (Å²) in [7, 11) is 3.21. The molecule has 1 aliphatic heterocycles. The Hall–Kier alpha value is -5.54. The fraction of sp³-hybridized carbons (Fsp3) is 0.190. The van der Waals surface area contributed by atoms with Gasteiger partial charge < -0.3 is 14.6 Å². The molecule has 0 bridgehead atoms. The highest BCUT2D eigenvalue weighted by atomic mass is 79.9. The molecule has 254 valence electrons. The number of hydrogen-bond donors (Lipinski definition) is 1. The van der Waals surface area contributed by atoms with E-state index in [4.69, 9.17) is 9.47 Å². The summed E-state index contributed by atoms with van der Waals surface area (Å²) < 4.78 is 11.0. The van der Waals surface area contributed by atoms with Crippen LogP contribution in [0.5, 0.6) is 17.2 Å². The Kier molecular flexibility index (Phi) is 8.10. The first-order valence-corrected chi connectivity index (χ1v) is 17.5. The zero-order valence-electron chi connectivity index (χ0n) is 27.8. The van der Waals surface area contributed by atoms with E-state index in [0.717, 1.165) is 27.6 Å². The molecule has 0 spiro atoms. The average Bonchev–Trinajstić information content (AvgIpc) is 3.41. The zero-order chi connectivity index (χ0) is 35.6. The maximum Gasteiger partial charge on any atom is 0.238 e. The standard InChI is InChI=1S/C42H32BrNO7/c1-50-25-13-18-36(51-2)23(19-25)10-7-22-8-11-24(12-9-22)44-41(48)30-15-14-29-31(38(30)42(44)49)20-32-39(35(46)21-33(43)40(32)47)37(29)28-16-17-34(45)27-6-4-3-5-26(27)28/h3-14,16-19,21,30-31,37-38,45H,15,20H2,1-2H3. The normalized spacial score (nSPS) is 22.9. The minimum Gasteiger partial charge on any atom is -0.507 e. The molecule has 8 rings (SSSR count). The van der Waals surface area contributed by atoms with E-state index in [2.05, 4.69) is 15.9 Å². The van der Waals surface area contributed by atoms with E-state index in [-0.39, 0.29) is 40.0 Å². The molecule has 4 aromatic rings. The van der Waals surface area contributed by atoms with Crippen molar-refractivity contribution in [3.8, 4) is 17.2 Å². The first-order chi connectivity index (χ1) is 24.7. The van der Waals surface area contributed by atoms with E-state index in [0.29, 0.717) is 40.1 Å². The molecule has 1 heterocycles. The van der Waals surface area contributed by atoms with Gasteiger partial charge in [-0.2, -0.15) is 0 Å². The van der Waals surface area contributed by atoms with Crippen molar-refractivity contribution in [2.45, 2.75) is 18.8 Å². The van der Waals surface area contributed by atoms with Crippen LogP contribution in [0, 0.1) is 17.8 Å². The number of carbonyl (C=O) groups is 4. The number of carbonyl (C=O) groups excluding carboxylic acids is 4. The summed E-state index contributed by atoms with van der Waals surface area (Å²) >= 11 is 3.29. The number of fused-ring (bicyclic) bond motifs is 4. The van der Waals surface area contributed by atoms with Gasteiger partial charge >= 0.3 is 0 Å². The van der Waals surface area contributed by atoms with E-state index < -0.39 is 23.7 Å². The summed E-state index contributed by atoms with van der Waals surface area (Å²) in [5.41, 5.74) is 4.55. The quantitative estimate of drug-likeness (QED) is 0.0934. The van der Waals surface area contributed by atoms with Crippen molar-refractivity contribution in [2.24, 2.45) is 17.8 Å². The fourth-order valence-corrected chi connectivity index (χ4v) is 8.71. The van der Waals surface area contributed by atoms with Crippen LogP contribution in [0.3, 0.4) is 0 Å². The van der Waals surface area contributed by atoms with E-state index in [1.165, 1.54) is 11.0 Å².